The molecule has 6 heteroatoms. The molecule has 0 saturated heterocycles. The van der Waals surface area contributed by atoms with Gasteiger partial charge in [-0.05, 0) is 19.4 Å². The SMILES string of the molecule is CC(C)NC(=O)CNC(=O)CCNC(=O)Cc1ccccc1. The molecule has 1 rings (SSSR count). The second kappa shape index (κ2) is 9.55. The fourth-order valence-electron chi connectivity index (χ4n) is 1.80. The summed E-state index contributed by atoms with van der Waals surface area (Å²) in [6.45, 7) is 3.91. The van der Waals surface area contributed by atoms with E-state index in [9.17, 15) is 14.4 Å². The zero-order valence-corrected chi connectivity index (χ0v) is 13.0. The molecule has 6 nitrogen and oxygen atoms in total. The minimum Gasteiger partial charge on any atom is -0.355 e. The molecule has 0 heterocycles. The van der Waals surface area contributed by atoms with Gasteiger partial charge in [0.1, 0.15) is 0 Å². The Morgan fingerprint density at radius 2 is 1.64 bits per heavy atom. The first kappa shape index (κ1) is 17.7. The van der Waals surface area contributed by atoms with Crippen molar-refractivity contribution in [3.05, 3.63) is 35.9 Å². The number of carbonyl (C=O) groups is 3. The number of benzene rings is 1. The normalized spacial score (nSPS) is 10.1. The van der Waals surface area contributed by atoms with Crippen molar-refractivity contribution in [3.63, 3.8) is 0 Å². The molecular weight excluding hydrogens is 282 g/mol. The molecule has 0 fully saturated rings. The van der Waals surface area contributed by atoms with Crippen molar-refractivity contribution in [1.82, 2.24) is 16.0 Å². The highest BCUT2D eigenvalue weighted by Gasteiger charge is 2.07. The summed E-state index contributed by atoms with van der Waals surface area (Å²) in [5.41, 5.74) is 0.926. The van der Waals surface area contributed by atoms with Gasteiger partial charge < -0.3 is 16.0 Å². The molecule has 1 aromatic carbocycles. The van der Waals surface area contributed by atoms with E-state index in [4.69, 9.17) is 0 Å². The van der Waals surface area contributed by atoms with Crippen LogP contribution in [0.25, 0.3) is 0 Å². The molecule has 0 atom stereocenters. The third kappa shape index (κ3) is 8.04. The molecule has 0 aromatic heterocycles. The Morgan fingerprint density at radius 3 is 2.27 bits per heavy atom. The molecule has 0 aliphatic heterocycles. The minimum absolute atomic E-state index is 0.0432. The molecule has 0 aliphatic rings. The monoisotopic (exact) mass is 305 g/mol. The Kier molecular flexibility index (Phi) is 7.67. The molecule has 0 aliphatic carbocycles. The van der Waals surface area contributed by atoms with Gasteiger partial charge >= 0.3 is 0 Å². The fraction of sp³-hybridized carbons (Fsp3) is 0.438. The van der Waals surface area contributed by atoms with Gasteiger partial charge in [0.15, 0.2) is 0 Å². The lowest BCUT2D eigenvalue weighted by Gasteiger charge is -2.09. The molecule has 0 bridgehead atoms. The average molecular weight is 305 g/mol. The van der Waals surface area contributed by atoms with Gasteiger partial charge in [-0.3, -0.25) is 14.4 Å². The maximum atomic E-state index is 11.7. The first-order chi connectivity index (χ1) is 10.5. The number of nitrogens with one attached hydrogen (secondary N) is 3. The molecule has 120 valence electrons. The van der Waals surface area contributed by atoms with Crippen LogP contribution in [0.1, 0.15) is 25.8 Å². The van der Waals surface area contributed by atoms with Gasteiger partial charge in [-0.25, -0.2) is 0 Å². The lowest BCUT2D eigenvalue weighted by molar-refractivity contribution is -0.126. The van der Waals surface area contributed by atoms with Gasteiger partial charge in [0.2, 0.25) is 17.7 Å². The van der Waals surface area contributed by atoms with E-state index in [1.54, 1.807) is 0 Å². The van der Waals surface area contributed by atoms with E-state index in [-0.39, 0.29) is 43.3 Å². The number of rotatable bonds is 8. The quantitative estimate of drug-likeness (QED) is 0.649. The van der Waals surface area contributed by atoms with Crippen LogP contribution in [0.3, 0.4) is 0 Å². The summed E-state index contributed by atoms with van der Waals surface area (Å²) in [5.74, 6) is -0.619. The summed E-state index contributed by atoms with van der Waals surface area (Å²) in [7, 11) is 0. The maximum absolute atomic E-state index is 11.7. The molecule has 0 unspecified atom stereocenters. The smallest absolute Gasteiger partial charge is 0.239 e. The van der Waals surface area contributed by atoms with Crippen molar-refractivity contribution in [2.45, 2.75) is 32.7 Å². The van der Waals surface area contributed by atoms with Gasteiger partial charge in [-0.2, -0.15) is 0 Å². The van der Waals surface area contributed by atoms with Crippen molar-refractivity contribution in [2.75, 3.05) is 13.1 Å². The van der Waals surface area contributed by atoms with Crippen molar-refractivity contribution >= 4 is 17.7 Å². The minimum atomic E-state index is -0.265. The predicted octanol–water partition coefficient (Wildman–Crippen LogP) is 0.376. The van der Waals surface area contributed by atoms with E-state index in [0.29, 0.717) is 6.42 Å². The molecule has 0 radical (unpaired) electrons. The second-order valence-corrected chi connectivity index (χ2v) is 5.26. The van der Waals surface area contributed by atoms with Crippen LogP contribution < -0.4 is 16.0 Å². The van der Waals surface area contributed by atoms with E-state index < -0.39 is 0 Å². The van der Waals surface area contributed by atoms with Crippen LogP contribution in [0.4, 0.5) is 0 Å². The van der Waals surface area contributed by atoms with Crippen LogP contribution in [-0.4, -0.2) is 36.9 Å². The molecular formula is C16H23N3O3. The van der Waals surface area contributed by atoms with E-state index in [2.05, 4.69) is 16.0 Å². The summed E-state index contributed by atoms with van der Waals surface area (Å²) in [4.78, 5) is 34.6. The Morgan fingerprint density at radius 1 is 0.955 bits per heavy atom. The summed E-state index contributed by atoms with van der Waals surface area (Å²) in [6.07, 6.45) is 0.439. The van der Waals surface area contributed by atoms with E-state index in [0.717, 1.165) is 5.56 Å². The Hall–Kier alpha value is -2.37. The molecule has 22 heavy (non-hydrogen) atoms. The standard InChI is InChI=1S/C16H23N3O3/c1-12(2)19-16(22)11-18-14(20)8-9-17-15(21)10-13-6-4-3-5-7-13/h3-7,12H,8-11H2,1-2H3,(H,17,21)(H,18,20)(H,19,22). The highest BCUT2D eigenvalue weighted by Crippen LogP contribution is 1.98. The Bertz CT molecular complexity index is 501. The van der Waals surface area contributed by atoms with Crippen LogP contribution in [0.15, 0.2) is 30.3 Å². The molecule has 1 aromatic rings. The van der Waals surface area contributed by atoms with Crippen LogP contribution in [-0.2, 0) is 20.8 Å². The Labute approximate surface area is 130 Å². The first-order valence-corrected chi connectivity index (χ1v) is 7.34. The van der Waals surface area contributed by atoms with E-state index in [1.807, 2.05) is 44.2 Å². The predicted molar refractivity (Wildman–Crippen MR) is 84.1 cm³/mol. The van der Waals surface area contributed by atoms with Gasteiger partial charge in [0.05, 0.1) is 13.0 Å². The van der Waals surface area contributed by atoms with E-state index >= 15 is 0 Å². The summed E-state index contributed by atoms with van der Waals surface area (Å²) < 4.78 is 0. The molecule has 3 N–H and O–H groups in total. The molecule has 0 spiro atoms. The highest BCUT2D eigenvalue weighted by molar-refractivity contribution is 5.85. The molecule has 3 amide bonds. The number of hydrogen-bond donors (Lipinski definition) is 3. The van der Waals surface area contributed by atoms with Crippen LogP contribution in [0, 0.1) is 0 Å². The topological polar surface area (TPSA) is 87.3 Å². The zero-order chi connectivity index (χ0) is 16.4. The van der Waals surface area contributed by atoms with Crippen molar-refractivity contribution in [1.29, 1.82) is 0 Å². The van der Waals surface area contributed by atoms with Gasteiger partial charge in [-0.1, -0.05) is 30.3 Å². The van der Waals surface area contributed by atoms with Crippen molar-refractivity contribution < 1.29 is 14.4 Å². The molecule has 0 saturated carbocycles. The highest BCUT2D eigenvalue weighted by atomic mass is 16.2. The summed E-state index contributed by atoms with van der Waals surface area (Å²) >= 11 is 0. The zero-order valence-electron chi connectivity index (χ0n) is 13.0. The van der Waals surface area contributed by atoms with Crippen LogP contribution in [0.2, 0.25) is 0 Å². The third-order valence-electron chi connectivity index (χ3n) is 2.78. The van der Waals surface area contributed by atoms with E-state index in [1.165, 1.54) is 0 Å². The van der Waals surface area contributed by atoms with Gasteiger partial charge in [0.25, 0.3) is 0 Å². The lowest BCUT2D eigenvalue weighted by atomic mass is 10.1. The van der Waals surface area contributed by atoms with Crippen molar-refractivity contribution in [3.8, 4) is 0 Å². The average Bonchev–Trinajstić information content (AvgIpc) is 2.45. The van der Waals surface area contributed by atoms with Crippen LogP contribution in [0.5, 0.6) is 0 Å². The Balaban J connectivity index is 2.14. The lowest BCUT2D eigenvalue weighted by Crippen LogP contribution is -2.40. The first-order valence-electron chi connectivity index (χ1n) is 7.34. The summed E-state index contributed by atoms with van der Waals surface area (Å²) in [5, 5.41) is 7.87. The van der Waals surface area contributed by atoms with Crippen molar-refractivity contribution in [2.24, 2.45) is 0 Å². The number of hydrogen-bond acceptors (Lipinski definition) is 3. The largest absolute Gasteiger partial charge is 0.355 e. The van der Waals surface area contributed by atoms with Gasteiger partial charge in [0, 0.05) is 19.0 Å². The summed E-state index contributed by atoms with van der Waals surface area (Å²) in [6, 6.07) is 9.43. The second-order valence-electron chi connectivity index (χ2n) is 5.26. The maximum Gasteiger partial charge on any atom is 0.239 e. The number of carbonyl (C=O) groups excluding carboxylic acids is 3. The third-order valence-corrected chi connectivity index (χ3v) is 2.78. The van der Waals surface area contributed by atoms with Crippen LogP contribution >= 0.6 is 0 Å². The fourth-order valence-corrected chi connectivity index (χ4v) is 1.80. The number of amides is 3. The van der Waals surface area contributed by atoms with Gasteiger partial charge in [-0.15, -0.1) is 0 Å².